The Balaban J connectivity index is 1.69. The van der Waals surface area contributed by atoms with Gasteiger partial charge in [-0.1, -0.05) is 6.07 Å². The summed E-state index contributed by atoms with van der Waals surface area (Å²) in [5, 5.41) is 2.98. The van der Waals surface area contributed by atoms with E-state index in [-0.39, 0.29) is 30.0 Å². The molecule has 1 saturated heterocycles. The van der Waals surface area contributed by atoms with Gasteiger partial charge in [-0.25, -0.2) is 13.2 Å². The van der Waals surface area contributed by atoms with Gasteiger partial charge in [0.05, 0.1) is 31.8 Å². The lowest BCUT2D eigenvalue weighted by molar-refractivity contribution is -0.143. The van der Waals surface area contributed by atoms with Crippen LogP contribution >= 0.6 is 0 Å². The van der Waals surface area contributed by atoms with Crippen LogP contribution in [0.25, 0.3) is 0 Å². The van der Waals surface area contributed by atoms with Crippen molar-refractivity contribution in [2.45, 2.75) is 31.8 Å². The first-order chi connectivity index (χ1) is 13.3. The van der Waals surface area contributed by atoms with E-state index >= 15 is 0 Å². The summed E-state index contributed by atoms with van der Waals surface area (Å²) in [5.41, 5.74) is 1.72. The fourth-order valence-corrected chi connectivity index (χ4v) is 5.52. The topological polar surface area (TPSA) is 102 Å². The van der Waals surface area contributed by atoms with Crippen molar-refractivity contribution in [1.29, 1.82) is 0 Å². The van der Waals surface area contributed by atoms with Gasteiger partial charge in [-0.3, -0.25) is 10.1 Å². The van der Waals surface area contributed by atoms with E-state index in [9.17, 15) is 18.0 Å². The second-order valence-electron chi connectivity index (χ2n) is 7.04. The molecule has 0 aromatic heterocycles. The van der Waals surface area contributed by atoms with Crippen LogP contribution in [0.3, 0.4) is 0 Å². The van der Waals surface area contributed by atoms with E-state index in [1.165, 1.54) is 7.11 Å². The summed E-state index contributed by atoms with van der Waals surface area (Å²) in [6.07, 6.45) is 1.23. The number of benzene rings is 1. The predicted octanol–water partition coefficient (Wildman–Crippen LogP) is 0.461. The van der Waals surface area contributed by atoms with Crippen molar-refractivity contribution >= 4 is 21.7 Å². The number of ether oxygens (including phenoxy) is 2. The molecule has 1 N–H and O–H groups in total. The number of rotatable bonds is 7. The molecule has 1 amide bonds. The SMILES string of the molecule is CCN(C(=O)CN[C@@H](C(=O)OC)c1ccc2c(c1)CCO2)[C@H]1CCS(=O)(=O)C1. The Morgan fingerprint density at radius 1 is 1.39 bits per heavy atom. The summed E-state index contributed by atoms with van der Waals surface area (Å²) >= 11 is 0. The van der Waals surface area contributed by atoms with Crippen molar-refractivity contribution in [3.05, 3.63) is 29.3 Å². The molecular formula is C19H26N2O6S. The van der Waals surface area contributed by atoms with Gasteiger partial charge in [0.25, 0.3) is 0 Å². The number of methoxy groups -OCH3 is 1. The first-order valence-corrected chi connectivity index (χ1v) is 11.2. The molecule has 1 aromatic carbocycles. The van der Waals surface area contributed by atoms with Gasteiger partial charge >= 0.3 is 5.97 Å². The van der Waals surface area contributed by atoms with Crippen LogP contribution in [-0.4, -0.2) is 69.5 Å². The largest absolute Gasteiger partial charge is 0.493 e. The third-order valence-corrected chi connectivity index (χ3v) is 7.00. The third kappa shape index (κ3) is 4.47. The zero-order valence-electron chi connectivity index (χ0n) is 16.1. The number of hydrogen-bond donors (Lipinski definition) is 1. The highest BCUT2D eigenvalue weighted by Gasteiger charge is 2.34. The second-order valence-corrected chi connectivity index (χ2v) is 9.27. The monoisotopic (exact) mass is 410 g/mol. The van der Waals surface area contributed by atoms with Gasteiger partial charge in [-0.2, -0.15) is 0 Å². The molecule has 0 radical (unpaired) electrons. The Morgan fingerprint density at radius 2 is 2.18 bits per heavy atom. The Labute approximate surface area is 165 Å². The van der Waals surface area contributed by atoms with Gasteiger partial charge in [0.1, 0.15) is 11.8 Å². The van der Waals surface area contributed by atoms with Crippen LogP contribution in [-0.2, 0) is 30.6 Å². The Kier molecular flexibility index (Phi) is 6.24. The minimum absolute atomic E-state index is 0.00215. The Hall–Kier alpha value is -2.13. The van der Waals surface area contributed by atoms with E-state index in [0.29, 0.717) is 25.1 Å². The standard InChI is InChI=1S/C19H26N2O6S/c1-3-21(15-7-9-28(24,25)12-15)17(22)11-20-18(19(23)26-2)14-4-5-16-13(10-14)6-8-27-16/h4-5,10,15,18,20H,3,6-9,11-12H2,1-2H3/t15-,18+/m0/s1. The summed E-state index contributed by atoms with van der Waals surface area (Å²) in [4.78, 5) is 26.6. The third-order valence-electron chi connectivity index (χ3n) is 5.25. The number of carbonyl (C=O) groups is 2. The van der Waals surface area contributed by atoms with Gasteiger partial charge < -0.3 is 14.4 Å². The number of carbonyl (C=O) groups excluding carboxylic acids is 2. The molecule has 0 spiro atoms. The van der Waals surface area contributed by atoms with Gasteiger partial charge in [0.2, 0.25) is 5.91 Å². The maximum atomic E-state index is 12.7. The first kappa shape index (κ1) is 20.6. The summed E-state index contributed by atoms with van der Waals surface area (Å²) in [6.45, 7) is 2.77. The number of sulfone groups is 1. The zero-order valence-corrected chi connectivity index (χ0v) is 17.0. The van der Waals surface area contributed by atoms with Crippen LogP contribution in [0.4, 0.5) is 0 Å². The van der Waals surface area contributed by atoms with Gasteiger partial charge in [-0.05, 0) is 36.6 Å². The summed E-state index contributed by atoms with van der Waals surface area (Å²) in [6, 6.07) is 4.40. The number of nitrogens with one attached hydrogen (secondary N) is 1. The molecule has 2 aliphatic heterocycles. The highest BCUT2D eigenvalue weighted by molar-refractivity contribution is 7.91. The highest BCUT2D eigenvalue weighted by atomic mass is 32.2. The Bertz CT molecular complexity index is 854. The average molecular weight is 410 g/mol. The molecule has 8 nitrogen and oxygen atoms in total. The summed E-state index contributed by atoms with van der Waals surface area (Å²) in [5.74, 6) is 0.193. The molecule has 0 bridgehead atoms. The van der Waals surface area contributed by atoms with Crippen molar-refractivity contribution in [2.24, 2.45) is 0 Å². The first-order valence-electron chi connectivity index (χ1n) is 9.41. The molecule has 2 atom stereocenters. The van der Waals surface area contributed by atoms with E-state index in [2.05, 4.69) is 5.32 Å². The molecule has 1 fully saturated rings. The van der Waals surface area contributed by atoms with Gasteiger partial charge in [0.15, 0.2) is 9.84 Å². The van der Waals surface area contributed by atoms with Crippen LogP contribution in [0.1, 0.15) is 30.5 Å². The normalized spacial score (nSPS) is 20.9. The average Bonchev–Trinajstić information content (AvgIpc) is 3.27. The van der Waals surface area contributed by atoms with E-state index < -0.39 is 21.8 Å². The maximum absolute atomic E-state index is 12.7. The molecule has 154 valence electrons. The van der Waals surface area contributed by atoms with Crippen LogP contribution < -0.4 is 10.1 Å². The van der Waals surface area contributed by atoms with Crippen molar-refractivity contribution < 1.29 is 27.5 Å². The lowest BCUT2D eigenvalue weighted by Gasteiger charge is -2.28. The van der Waals surface area contributed by atoms with E-state index in [1.54, 1.807) is 11.0 Å². The van der Waals surface area contributed by atoms with E-state index in [1.807, 2.05) is 19.1 Å². The van der Waals surface area contributed by atoms with Crippen molar-refractivity contribution in [3.63, 3.8) is 0 Å². The van der Waals surface area contributed by atoms with Crippen LogP contribution in [0.2, 0.25) is 0 Å². The van der Waals surface area contributed by atoms with Crippen molar-refractivity contribution in [2.75, 3.05) is 38.3 Å². The molecule has 0 aliphatic carbocycles. The van der Waals surface area contributed by atoms with E-state index in [0.717, 1.165) is 17.7 Å². The molecule has 9 heteroatoms. The number of hydrogen-bond acceptors (Lipinski definition) is 7. The minimum Gasteiger partial charge on any atom is -0.493 e. The zero-order chi connectivity index (χ0) is 20.3. The van der Waals surface area contributed by atoms with Crippen LogP contribution in [0, 0.1) is 0 Å². The van der Waals surface area contributed by atoms with Crippen molar-refractivity contribution in [1.82, 2.24) is 10.2 Å². The van der Waals surface area contributed by atoms with Gasteiger partial charge in [0, 0.05) is 19.0 Å². The van der Waals surface area contributed by atoms with Crippen LogP contribution in [0.15, 0.2) is 18.2 Å². The number of fused-ring (bicyclic) bond motifs is 1. The number of nitrogens with zero attached hydrogens (tertiary/aromatic N) is 1. The molecule has 2 heterocycles. The fraction of sp³-hybridized carbons (Fsp3) is 0.579. The van der Waals surface area contributed by atoms with Crippen molar-refractivity contribution in [3.8, 4) is 5.75 Å². The number of likely N-dealkylation sites (N-methyl/N-ethyl adjacent to an activating group) is 1. The number of amides is 1. The maximum Gasteiger partial charge on any atom is 0.327 e. The minimum atomic E-state index is -3.08. The fourth-order valence-electron chi connectivity index (χ4n) is 3.79. The Morgan fingerprint density at radius 3 is 2.82 bits per heavy atom. The molecule has 28 heavy (non-hydrogen) atoms. The molecular weight excluding hydrogens is 384 g/mol. The molecule has 3 rings (SSSR count). The quantitative estimate of drug-likeness (QED) is 0.652. The smallest absolute Gasteiger partial charge is 0.327 e. The molecule has 0 saturated carbocycles. The molecule has 1 aromatic rings. The molecule has 2 aliphatic rings. The second kappa shape index (κ2) is 8.48. The molecule has 0 unspecified atom stereocenters. The predicted molar refractivity (Wildman–Crippen MR) is 103 cm³/mol. The van der Waals surface area contributed by atoms with Crippen LogP contribution in [0.5, 0.6) is 5.75 Å². The number of esters is 1. The summed E-state index contributed by atoms with van der Waals surface area (Å²) < 4.78 is 33.8. The summed E-state index contributed by atoms with van der Waals surface area (Å²) in [7, 11) is -1.78. The van der Waals surface area contributed by atoms with E-state index in [4.69, 9.17) is 9.47 Å². The highest BCUT2D eigenvalue weighted by Crippen LogP contribution is 2.28. The lowest BCUT2D eigenvalue weighted by atomic mass is 10.0. The van der Waals surface area contributed by atoms with Gasteiger partial charge in [-0.15, -0.1) is 0 Å². The lowest BCUT2D eigenvalue weighted by Crippen LogP contribution is -2.46.